The van der Waals surface area contributed by atoms with Gasteiger partial charge in [0.15, 0.2) is 0 Å². The first-order valence-corrected chi connectivity index (χ1v) is 5.27. The average Bonchev–Trinajstić information content (AvgIpc) is 2.63. The topological polar surface area (TPSA) is 0 Å². The van der Waals surface area contributed by atoms with Crippen LogP contribution in [-0.2, 0) is 0 Å². The largest absolute Gasteiger partial charge is 0.135 e. The van der Waals surface area contributed by atoms with Crippen molar-refractivity contribution < 1.29 is 0 Å². The Kier molecular flexibility index (Phi) is 4.84. The third-order valence-electron chi connectivity index (χ3n) is 1.61. The van der Waals surface area contributed by atoms with Crippen molar-refractivity contribution in [3.63, 3.8) is 0 Å². The molecule has 0 saturated carbocycles. The van der Waals surface area contributed by atoms with Gasteiger partial charge >= 0.3 is 0 Å². The maximum absolute atomic E-state index is 5.14. The molecule has 0 radical (unpaired) electrons. The first-order chi connectivity index (χ1) is 6.43. The molecular formula is C12H12S. The molecule has 0 aliphatic heterocycles. The summed E-state index contributed by atoms with van der Waals surface area (Å²) in [6.45, 7) is 0. The molecule has 66 valence electrons. The van der Waals surface area contributed by atoms with Crippen LogP contribution in [0.15, 0.2) is 17.5 Å². The zero-order chi connectivity index (χ0) is 9.36. The number of rotatable bonds is 3. The van der Waals surface area contributed by atoms with Crippen LogP contribution in [0.4, 0.5) is 0 Å². The van der Waals surface area contributed by atoms with Crippen molar-refractivity contribution in [2.75, 3.05) is 0 Å². The molecule has 0 nitrogen and oxygen atoms in total. The maximum Gasteiger partial charge on any atom is 0.0768 e. The Morgan fingerprint density at radius 2 is 2.15 bits per heavy atom. The van der Waals surface area contributed by atoms with Crippen molar-refractivity contribution >= 4 is 11.3 Å². The minimum Gasteiger partial charge on any atom is -0.135 e. The van der Waals surface area contributed by atoms with Gasteiger partial charge in [0.25, 0.3) is 0 Å². The Balaban J connectivity index is 2.16. The van der Waals surface area contributed by atoms with Crippen molar-refractivity contribution in [1.82, 2.24) is 0 Å². The SMILES string of the molecule is C#CCCCCC#Cc1cccs1. The van der Waals surface area contributed by atoms with Gasteiger partial charge in [-0.25, -0.2) is 0 Å². The second-order valence-electron chi connectivity index (χ2n) is 2.69. The summed E-state index contributed by atoms with van der Waals surface area (Å²) in [4.78, 5) is 1.15. The molecule has 0 aliphatic carbocycles. The molecule has 1 heterocycles. The number of unbranched alkanes of at least 4 members (excludes halogenated alkanes) is 3. The summed E-state index contributed by atoms with van der Waals surface area (Å²) in [7, 11) is 0. The summed E-state index contributed by atoms with van der Waals surface area (Å²) in [5.41, 5.74) is 0. The molecule has 0 saturated heterocycles. The molecule has 0 atom stereocenters. The summed E-state index contributed by atoms with van der Waals surface area (Å²) < 4.78 is 0. The van der Waals surface area contributed by atoms with Gasteiger partial charge in [0.1, 0.15) is 0 Å². The monoisotopic (exact) mass is 188 g/mol. The van der Waals surface area contributed by atoms with Gasteiger partial charge < -0.3 is 0 Å². The zero-order valence-electron chi connectivity index (χ0n) is 7.55. The lowest BCUT2D eigenvalue weighted by Crippen LogP contribution is -1.72. The van der Waals surface area contributed by atoms with E-state index < -0.39 is 0 Å². The predicted octanol–water partition coefficient (Wildman–Crippen LogP) is 3.29. The molecule has 1 aromatic rings. The fraction of sp³-hybridized carbons (Fsp3) is 0.333. The third-order valence-corrected chi connectivity index (χ3v) is 2.39. The van der Waals surface area contributed by atoms with Crippen LogP contribution in [0.3, 0.4) is 0 Å². The first kappa shape index (κ1) is 9.90. The minimum absolute atomic E-state index is 0.876. The van der Waals surface area contributed by atoms with E-state index in [1.807, 2.05) is 17.5 Å². The summed E-state index contributed by atoms with van der Waals surface area (Å²) in [5, 5.41) is 2.04. The van der Waals surface area contributed by atoms with Crippen LogP contribution in [0.25, 0.3) is 0 Å². The number of hydrogen-bond donors (Lipinski definition) is 0. The van der Waals surface area contributed by atoms with E-state index in [1.54, 1.807) is 11.3 Å². The molecule has 0 amide bonds. The molecule has 0 N–H and O–H groups in total. The van der Waals surface area contributed by atoms with Crippen molar-refractivity contribution in [3.8, 4) is 24.2 Å². The van der Waals surface area contributed by atoms with Crippen LogP contribution in [0.2, 0.25) is 0 Å². The van der Waals surface area contributed by atoms with E-state index in [4.69, 9.17) is 6.42 Å². The van der Waals surface area contributed by atoms with E-state index in [-0.39, 0.29) is 0 Å². The normalized spacial score (nSPS) is 8.54. The Bertz CT molecular complexity index is 316. The molecule has 0 spiro atoms. The number of hydrogen-bond acceptors (Lipinski definition) is 1. The fourth-order valence-electron chi connectivity index (χ4n) is 0.940. The van der Waals surface area contributed by atoms with Gasteiger partial charge in [0.05, 0.1) is 4.88 Å². The Morgan fingerprint density at radius 1 is 1.31 bits per heavy atom. The summed E-state index contributed by atoms with van der Waals surface area (Å²) >= 11 is 1.69. The summed E-state index contributed by atoms with van der Waals surface area (Å²) in [6.07, 6.45) is 9.18. The Labute approximate surface area is 84.0 Å². The molecule has 0 bridgehead atoms. The van der Waals surface area contributed by atoms with Crippen LogP contribution in [0, 0.1) is 24.2 Å². The zero-order valence-corrected chi connectivity index (χ0v) is 8.36. The van der Waals surface area contributed by atoms with Crippen LogP contribution >= 0.6 is 11.3 Å². The lowest BCUT2D eigenvalue weighted by molar-refractivity contribution is 0.783. The van der Waals surface area contributed by atoms with Gasteiger partial charge in [0, 0.05) is 12.8 Å². The van der Waals surface area contributed by atoms with E-state index in [1.165, 1.54) is 0 Å². The standard InChI is InChI=1S/C12H12S/c1-2-3-4-5-6-7-9-12-10-8-11-13-12/h1,8,10-11H,3-6H2. The van der Waals surface area contributed by atoms with Crippen LogP contribution in [0.5, 0.6) is 0 Å². The molecule has 1 rings (SSSR count). The third kappa shape index (κ3) is 4.41. The molecule has 13 heavy (non-hydrogen) atoms. The molecule has 0 fully saturated rings. The predicted molar refractivity (Wildman–Crippen MR) is 58.5 cm³/mol. The highest BCUT2D eigenvalue weighted by atomic mass is 32.1. The van der Waals surface area contributed by atoms with Crippen LogP contribution < -0.4 is 0 Å². The molecule has 0 unspecified atom stereocenters. The number of terminal acetylenes is 1. The summed E-state index contributed by atoms with van der Waals surface area (Å²) in [6, 6.07) is 4.06. The minimum atomic E-state index is 0.876. The second kappa shape index (κ2) is 6.35. The highest BCUT2D eigenvalue weighted by Gasteiger charge is 1.84. The van der Waals surface area contributed by atoms with Gasteiger partial charge in [-0.05, 0) is 24.3 Å². The number of thiophene rings is 1. The summed E-state index contributed by atoms with van der Waals surface area (Å²) in [5.74, 6) is 8.88. The van der Waals surface area contributed by atoms with Crippen molar-refractivity contribution in [1.29, 1.82) is 0 Å². The van der Waals surface area contributed by atoms with Gasteiger partial charge in [0.2, 0.25) is 0 Å². The molecule has 0 aromatic carbocycles. The first-order valence-electron chi connectivity index (χ1n) is 4.39. The van der Waals surface area contributed by atoms with Crippen LogP contribution in [0.1, 0.15) is 30.6 Å². The van der Waals surface area contributed by atoms with Crippen molar-refractivity contribution in [3.05, 3.63) is 22.4 Å². The van der Waals surface area contributed by atoms with Gasteiger partial charge in [-0.2, -0.15) is 0 Å². The highest BCUT2D eigenvalue weighted by molar-refractivity contribution is 7.10. The fourth-order valence-corrected chi connectivity index (χ4v) is 1.53. The molecular weight excluding hydrogens is 176 g/mol. The lowest BCUT2D eigenvalue weighted by Gasteiger charge is -1.87. The van der Waals surface area contributed by atoms with E-state index >= 15 is 0 Å². The average molecular weight is 188 g/mol. The van der Waals surface area contributed by atoms with Gasteiger partial charge in [-0.15, -0.1) is 23.7 Å². The van der Waals surface area contributed by atoms with Crippen molar-refractivity contribution in [2.24, 2.45) is 0 Å². The van der Waals surface area contributed by atoms with Crippen LogP contribution in [-0.4, -0.2) is 0 Å². The highest BCUT2D eigenvalue weighted by Crippen LogP contribution is 2.06. The molecule has 1 heteroatoms. The Hall–Kier alpha value is -1.18. The van der Waals surface area contributed by atoms with Crippen molar-refractivity contribution in [2.45, 2.75) is 25.7 Å². The van der Waals surface area contributed by atoms with E-state index in [0.29, 0.717) is 0 Å². The van der Waals surface area contributed by atoms with Gasteiger partial charge in [-0.1, -0.05) is 17.9 Å². The van der Waals surface area contributed by atoms with Gasteiger partial charge in [-0.3, -0.25) is 0 Å². The smallest absolute Gasteiger partial charge is 0.0768 e. The Morgan fingerprint density at radius 3 is 2.85 bits per heavy atom. The molecule has 1 aromatic heterocycles. The van der Waals surface area contributed by atoms with E-state index in [0.717, 1.165) is 30.6 Å². The van der Waals surface area contributed by atoms with E-state index in [2.05, 4.69) is 17.8 Å². The molecule has 0 aliphatic rings. The van der Waals surface area contributed by atoms with E-state index in [9.17, 15) is 0 Å². The second-order valence-corrected chi connectivity index (χ2v) is 3.64. The quantitative estimate of drug-likeness (QED) is 0.504. The lowest BCUT2D eigenvalue weighted by atomic mass is 10.2. The maximum atomic E-state index is 5.14.